The first-order valence-corrected chi connectivity index (χ1v) is 19.8. The molecule has 10 aromatic rings. The van der Waals surface area contributed by atoms with Crippen molar-refractivity contribution in [2.75, 3.05) is 0 Å². The summed E-state index contributed by atoms with van der Waals surface area (Å²) in [4.78, 5) is 4.97. The van der Waals surface area contributed by atoms with Gasteiger partial charge in [0.1, 0.15) is 12.1 Å². The molecular weight excluding hydrogens is 918 g/mol. The maximum atomic E-state index is 6.59. The molecule has 0 atom stereocenters. The Hall–Kier alpha value is -6.88. The molecule has 0 saturated heterocycles. The number of hydrogen-bond acceptors (Lipinski definition) is 4. The van der Waals surface area contributed by atoms with E-state index >= 15 is 0 Å². The van der Waals surface area contributed by atoms with Gasteiger partial charge in [0.25, 0.3) is 0 Å². The van der Waals surface area contributed by atoms with Crippen molar-refractivity contribution in [3.05, 3.63) is 200 Å². The minimum Gasteiger partial charge on any atom is -0.503 e. The molecule has 292 valence electrons. The van der Waals surface area contributed by atoms with Crippen molar-refractivity contribution in [1.29, 1.82) is 0 Å². The van der Waals surface area contributed by atoms with Crippen LogP contribution in [-0.2, 0) is 26.5 Å². The minimum atomic E-state index is -0.0304. The van der Waals surface area contributed by atoms with Crippen LogP contribution in [0.3, 0.4) is 0 Å². The summed E-state index contributed by atoms with van der Waals surface area (Å²) in [6.45, 7) is 6.76. The van der Waals surface area contributed by atoms with Crippen molar-refractivity contribution < 1.29 is 25.8 Å². The predicted molar refractivity (Wildman–Crippen MR) is 238 cm³/mol. The van der Waals surface area contributed by atoms with E-state index in [-0.39, 0.29) is 26.5 Å². The second kappa shape index (κ2) is 16.0. The molecule has 60 heavy (non-hydrogen) atoms. The smallest absolute Gasteiger partial charge is 0.503 e. The number of pyridine rings is 1. The Balaban J connectivity index is 0.00000462. The van der Waals surface area contributed by atoms with E-state index in [1.807, 2.05) is 71.4 Å². The zero-order valence-corrected chi connectivity index (χ0v) is 35.6. The fourth-order valence-corrected chi connectivity index (χ4v) is 8.03. The van der Waals surface area contributed by atoms with E-state index in [4.69, 9.17) is 9.72 Å². The third-order valence-corrected chi connectivity index (χ3v) is 10.8. The van der Waals surface area contributed by atoms with Crippen molar-refractivity contribution in [3.63, 3.8) is 0 Å². The van der Waals surface area contributed by atoms with E-state index in [0.29, 0.717) is 17.3 Å². The van der Waals surface area contributed by atoms with Gasteiger partial charge < -0.3 is 13.9 Å². The van der Waals surface area contributed by atoms with E-state index in [1.54, 1.807) is 6.33 Å². The normalized spacial score (nSPS) is 11.4. The van der Waals surface area contributed by atoms with Crippen LogP contribution in [-0.4, -0.2) is 24.3 Å². The second-order valence-electron chi connectivity index (χ2n) is 15.7. The predicted octanol–water partition coefficient (Wildman–Crippen LogP) is 13.1. The first-order valence-electron chi connectivity index (χ1n) is 19.8. The van der Waals surface area contributed by atoms with Gasteiger partial charge in [-0.05, 0) is 68.4 Å². The molecule has 0 aliphatic carbocycles. The molecule has 0 aliphatic rings. The molecule has 3 aromatic heterocycles. The van der Waals surface area contributed by atoms with Crippen LogP contribution in [0.4, 0.5) is 0 Å². The van der Waals surface area contributed by atoms with Crippen LogP contribution in [0.2, 0.25) is 0 Å². The quantitative estimate of drug-likeness (QED) is 0.142. The van der Waals surface area contributed by atoms with Crippen LogP contribution in [0.1, 0.15) is 26.3 Å². The molecule has 3 heterocycles. The molecule has 0 bridgehead atoms. The van der Waals surface area contributed by atoms with Crippen molar-refractivity contribution in [2.24, 2.45) is 0 Å². The van der Waals surface area contributed by atoms with Gasteiger partial charge in [-0.1, -0.05) is 148 Å². The molecule has 0 spiro atoms. The molecule has 7 heteroatoms. The van der Waals surface area contributed by atoms with Gasteiger partial charge in [-0.15, -0.1) is 46.4 Å². The van der Waals surface area contributed by atoms with E-state index in [1.165, 1.54) is 11.1 Å². The fourth-order valence-electron chi connectivity index (χ4n) is 8.03. The number of fused-ring (bicyclic) bond motifs is 3. The Kier molecular flexibility index (Phi) is 10.3. The van der Waals surface area contributed by atoms with Gasteiger partial charge >= 0.3 is 21.1 Å². The van der Waals surface area contributed by atoms with Crippen molar-refractivity contribution in [2.45, 2.75) is 26.2 Å². The van der Waals surface area contributed by atoms with E-state index in [0.717, 1.165) is 66.7 Å². The Labute approximate surface area is 364 Å². The first-order chi connectivity index (χ1) is 28.9. The maximum Gasteiger partial charge on any atom is 2.00 e. The fraction of sp³-hybridized carbons (Fsp3) is 0.0755. The second-order valence-corrected chi connectivity index (χ2v) is 15.7. The first kappa shape index (κ1) is 38.6. The SMILES string of the molecule is CC(C)(C)c1ccccc1-c1ccnc(-n2c3[c-]c(Oc4[c-]c(-c5nncn5-c5ccccc5-c5ccccc5)ccc4)ccc3c3cc(-c4ccccc4)ccc32)c1.[Pt+2]. The van der Waals surface area contributed by atoms with Crippen molar-refractivity contribution in [3.8, 4) is 67.8 Å². The molecule has 6 nitrogen and oxygen atoms in total. The minimum absolute atomic E-state index is 0. The summed E-state index contributed by atoms with van der Waals surface area (Å²) in [5, 5.41) is 11.0. The van der Waals surface area contributed by atoms with Gasteiger partial charge in [0.05, 0.1) is 5.82 Å². The van der Waals surface area contributed by atoms with Crippen LogP contribution in [0.5, 0.6) is 11.5 Å². The summed E-state index contributed by atoms with van der Waals surface area (Å²) < 4.78 is 10.8. The van der Waals surface area contributed by atoms with Crippen LogP contribution >= 0.6 is 0 Å². The molecule has 0 radical (unpaired) electrons. The molecule has 0 fully saturated rings. The maximum absolute atomic E-state index is 6.59. The third-order valence-electron chi connectivity index (χ3n) is 10.8. The number of aromatic nitrogens is 5. The van der Waals surface area contributed by atoms with Gasteiger partial charge in [0.15, 0.2) is 0 Å². The average molecular weight is 957 g/mol. The average Bonchev–Trinajstić information content (AvgIpc) is 3.90. The number of nitrogens with zero attached hydrogens (tertiary/aromatic N) is 5. The van der Waals surface area contributed by atoms with Crippen LogP contribution in [0.15, 0.2) is 182 Å². The summed E-state index contributed by atoms with van der Waals surface area (Å²) in [5.74, 6) is 2.56. The monoisotopic (exact) mass is 956 g/mol. The summed E-state index contributed by atoms with van der Waals surface area (Å²) in [5.41, 5.74) is 11.7. The molecule has 10 rings (SSSR count). The standard InChI is InChI=1S/C53H39N5O.Pt/c1-53(2,3)47-23-12-10-21-43(47)39-29-30-54-51(33-39)58-49-28-25-38(36-15-6-4-7-16-36)32-46(49)45-27-26-42(34-50(45)58)59-41-20-14-19-40(31-41)52-56-55-35-57(52)48-24-13-11-22-44(48)37-17-8-5-9-18-37;/h4-30,32-33,35H,1-3H3;/q-2;+2. The number of benzene rings is 7. The number of ether oxygens (including phenoxy) is 1. The van der Waals surface area contributed by atoms with Gasteiger partial charge in [-0.25, -0.2) is 4.98 Å². The summed E-state index contributed by atoms with van der Waals surface area (Å²) in [6, 6.07) is 65.7. The van der Waals surface area contributed by atoms with Crippen LogP contribution < -0.4 is 4.74 Å². The van der Waals surface area contributed by atoms with E-state index < -0.39 is 0 Å². The van der Waals surface area contributed by atoms with Gasteiger partial charge in [0, 0.05) is 34.5 Å². The Bertz CT molecular complexity index is 3130. The van der Waals surface area contributed by atoms with E-state index in [2.05, 4.69) is 157 Å². The van der Waals surface area contributed by atoms with Crippen LogP contribution in [0.25, 0.3) is 78.1 Å². The van der Waals surface area contributed by atoms with Gasteiger partial charge in [-0.2, -0.15) is 11.2 Å². The third kappa shape index (κ3) is 7.25. The molecule has 7 aromatic carbocycles. The molecule has 0 N–H and O–H groups in total. The number of hydrogen-bond donors (Lipinski definition) is 0. The Morgan fingerprint density at radius 2 is 1.28 bits per heavy atom. The Morgan fingerprint density at radius 1 is 0.567 bits per heavy atom. The topological polar surface area (TPSA) is 57.8 Å². The molecule has 0 aliphatic heterocycles. The summed E-state index contributed by atoms with van der Waals surface area (Å²) in [6.07, 6.45) is 3.64. The van der Waals surface area contributed by atoms with Crippen molar-refractivity contribution in [1.82, 2.24) is 24.3 Å². The van der Waals surface area contributed by atoms with E-state index in [9.17, 15) is 0 Å². The molecule has 0 amide bonds. The summed E-state index contributed by atoms with van der Waals surface area (Å²) >= 11 is 0. The number of para-hydroxylation sites is 1. The molecular formula is C53H39N5OPt. The largest absolute Gasteiger partial charge is 2.00 e. The van der Waals surface area contributed by atoms with Gasteiger partial charge in [0.2, 0.25) is 0 Å². The number of rotatable bonds is 8. The zero-order chi connectivity index (χ0) is 39.9. The van der Waals surface area contributed by atoms with Crippen LogP contribution in [0, 0.1) is 12.1 Å². The summed E-state index contributed by atoms with van der Waals surface area (Å²) in [7, 11) is 0. The molecule has 0 unspecified atom stereocenters. The Morgan fingerprint density at radius 3 is 2.08 bits per heavy atom. The van der Waals surface area contributed by atoms with Crippen molar-refractivity contribution >= 4 is 21.8 Å². The van der Waals surface area contributed by atoms with Gasteiger partial charge in [-0.3, -0.25) is 0 Å². The molecule has 0 saturated carbocycles. The zero-order valence-electron chi connectivity index (χ0n) is 33.3.